The minimum atomic E-state index is -0.533. The van der Waals surface area contributed by atoms with Crippen molar-refractivity contribution in [3.05, 3.63) is 77.5 Å². The molecule has 1 aliphatic rings. The SMILES string of the molecule is Cc1cc(-c2cc(Nc3ccc(N4CCN(C(=O)OC(C)(C)C)CC4)cc3)ncn2)c(F)cc1[C@@H](C)NC(=O)c1nc(C(C)(C)C)no1. The number of hydrogen-bond donors (Lipinski definition) is 2. The van der Waals surface area contributed by atoms with Crippen molar-refractivity contribution in [1.29, 1.82) is 0 Å². The van der Waals surface area contributed by atoms with Crippen molar-refractivity contribution in [1.82, 2.24) is 30.3 Å². The van der Waals surface area contributed by atoms with Crippen LogP contribution in [0.2, 0.25) is 0 Å². The molecule has 0 spiro atoms. The molecule has 254 valence electrons. The molecule has 2 aromatic heterocycles. The fourth-order valence-electron chi connectivity index (χ4n) is 5.27. The largest absolute Gasteiger partial charge is 0.444 e. The summed E-state index contributed by atoms with van der Waals surface area (Å²) in [5.74, 6) is -0.223. The molecule has 5 rings (SSSR count). The number of aromatic nitrogens is 4. The van der Waals surface area contributed by atoms with E-state index in [-0.39, 0.29) is 17.4 Å². The average Bonchev–Trinajstić information content (AvgIpc) is 3.54. The Labute approximate surface area is 280 Å². The number of piperazine rings is 1. The molecule has 1 fully saturated rings. The molecule has 0 unspecified atom stereocenters. The number of nitrogens with zero attached hydrogens (tertiary/aromatic N) is 6. The number of hydrogen-bond acceptors (Lipinski definition) is 10. The van der Waals surface area contributed by atoms with Crippen LogP contribution >= 0.6 is 0 Å². The van der Waals surface area contributed by atoms with E-state index in [1.165, 1.54) is 12.4 Å². The second-order valence-electron chi connectivity index (χ2n) is 14.0. The number of anilines is 3. The number of carbonyl (C=O) groups is 2. The van der Waals surface area contributed by atoms with Gasteiger partial charge in [0.1, 0.15) is 23.6 Å². The van der Waals surface area contributed by atoms with Gasteiger partial charge in [0.25, 0.3) is 0 Å². The highest BCUT2D eigenvalue weighted by Gasteiger charge is 2.27. The summed E-state index contributed by atoms with van der Waals surface area (Å²) in [5, 5.41) is 9.99. The third-order valence-corrected chi connectivity index (χ3v) is 7.84. The minimum absolute atomic E-state index is 0.143. The summed E-state index contributed by atoms with van der Waals surface area (Å²) in [6.07, 6.45) is 1.10. The first kappa shape index (κ1) is 34.3. The van der Waals surface area contributed by atoms with Crippen molar-refractivity contribution in [2.75, 3.05) is 36.4 Å². The molecule has 0 bridgehead atoms. The zero-order chi connectivity index (χ0) is 34.8. The molecule has 2 amide bonds. The van der Waals surface area contributed by atoms with Gasteiger partial charge in [0, 0.05) is 54.6 Å². The van der Waals surface area contributed by atoms with Gasteiger partial charge >= 0.3 is 17.9 Å². The highest BCUT2D eigenvalue weighted by Crippen LogP contribution is 2.30. The van der Waals surface area contributed by atoms with E-state index in [2.05, 4.69) is 35.6 Å². The van der Waals surface area contributed by atoms with Crippen LogP contribution in [0.25, 0.3) is 11.3 Å². The third kappa shape index (κ3) is 8.25. The Hall–Kier alpha value is -5.07. The van der Waals surface area contributed by atoms with Gasteiger partial charge < -0.3 is 29.7 Å². The van der Waals surface area contributed by atoms with Gasteiger partial charge in [-0.3, -0.25) is 4.79 Å². The molecule has 0 saturated carbocycles. The van der Waals surface area contributed by atoms with Gasteiger partial charge in [-0.05, 0) is 82.1 Å². The first-order valence-corrected chi connectivity index (χ1v) is 15.9. The van der Waals surface area contributed by atoms with E-state index in [9.17, 15) is 9.59 Å². The van der Waals surface area contributed by atoms with Crippen LogP contribution in [0, 0.1) is 12.7 Å². The zero-order valence-electron chi connectivity index (χ0n) is 28.7. The van der Waals surface area contributed by atoms with Crippen LogP contribution < -0.4 is 15.5 Å². The molecule has 1 atom stereocenters. The molecule has 12 nitrogen and oxygen atoms in total. The molecule has 0 radical (unpaired) electrons. The number of rotatable bonds is 7. The number of ether oxygens (including phenoxy) is 1. The summed E-state index contributed by atoms with van der Waals surface area (Å²) in [5.41, 5.74) is 3.07. The molecule has 3 heterocycles. The summed E-state index contributed by atoms with van der Waals surface area (Å²) in [4.78, 5) is 42.0. The van der Waals surface area contributed by atoms with Gasteiger partial charge in [-0.15, -0.1) is 0 Å². The zero-order valence-corrected chi connectivity index (χ0v) is 28.7. The highest BCUT2D eigenvalue weighted by molar-refractivity contribution is 5.89. The summed E-state index contributed by atoms with van der Waals surface area (Å²) in [6.45, 7) is 17.6. The molecule has 0 aliphatic carbocycles. The lowest BCUT2D eigenvalue weighted by Crippen LogP contribution is -2.50. The first-order chi connectivity index (χ1) is 22.6. The van der Waals surface area contributed by atoms with E-state index in [1.807, 2.05) is 72.7 Å². The van der Waals surface area contributed by atoms with Crippen LogP contribution in [0.1, 0.15) is 82.1 Å². The number of benzene rings is 2. The van der Waals surface area contributed by atoms with Crippen molar-refractivity contribution in [3.63, 3.8) is 0 Å². The lowest BCUT2D eigenvalue weighted by atomic mass is 9.96. The van der Waals surface area contributed by atoms with Gasteiger partial charge in [-0.25, -0.2) is 19.2 Å². The maximum atomic E-state index is 15.5. The van der Waals surface area contributed by atoms with Gasteiger partial charge in [-0.1, -0.05) is 25.9 Å². The van der Waals surface area contributed by atoms with Crippen LogP contribution in [0.4, 0.5) is 26.4 Å². The Bertz CT molecular complexity index is 1770. The molecule has 48 heavy (non-hydrogen) atoms. The normalized spacial score (nSPS) is 14.4. The molecule has 1 saturated heterocycles. The van der Waals surface area contributed by atoms with Crippen molar-refractivity contribution < 1.29 is 23.2 Å². The predicted molar refractivity (Wildman–Crippen MR) is 181 cm³/mol. The highest BCUT2D eigenvalue weighted by atomic mass is 19.1. The van der Waals surface area contributed by atoms with Crippen LogP contribution in [-0.2, 0) is 10.2 Å². The summed E-state index contributed by atoms with van der Waals surface area (Å²) < 4.78 is 26.2. The molecule has 1 aliphatic heterocycles. The smallest absolute Gasteiger partial charge is 0.410 e. The molecular weight excluding hydrogens is 615 g/mol. The predicted octanol–water partition coefficient (Wildman–Crippen LogP) is 6.56. The van der Waals surface area contributed by atoms with Gasteiger partial charge in [0.15, 0.2) is 5.82 Å². The second kappa shape index (κ2) is 13.6. The first-order valence-electron chi connectivity index (χ1n) is 15.9. The summed E-state index contributed by atoms with van der Waals surface area (Å²) in [7, 11) is 0. The standard InChI is InChI=1S/C35H43FN8O4/c1-21-17-26(27(36)18-25(21)22(2)39-30(45)31-41-32(42-48-31)34(3,4)5)28-19-29(38-20-37-28)40-23-9-11-24(12-10-23)43-13-15-44(16-14-43)33(46)47-35(6,7)8/h9-12,17-20,22H,13-16H2,1-8H3,(H,39,45)(H,37,38,40)/t22-/m1/s1. The summed E-state index contributed by atoms with van der Waals surface area (Å²) >= 11 is 0. The van der Waals surface area contributed by atoms with E-state index in [1.54, 1.807) is 24.0 Å². The molecule has 4 aromatic rings. The average molecular weight is 659 g/mol. The van der Waals surface area contributed by atoms with Gasteiger partial charge in [0.2, 0.25) is 0 Å². The van der Waals surface area contributed by atoms with Crippen molar-refractivity contribution in [2.24, 2.45) is 0 Å². The maximum Gasteiger partial charge on any atom is 0.410 e. The Morgan fingerprint density at radius 2 is 1.67 bits per heavy atom. The summed E-state index contributed by atoms with van der Waals surface area (Å²) in [6, 6.07) is 12.2. The third-order valence-electron chi connectivity index (χ3n) is 7.84. The van der Waals surface area contributed by atoms with Crippen LogP contribution in [0.15, 0.2) is 53.3 Å². The lowest BCUT2D eigenvalue weighted by molar-refractivity contribution is 0.0240. The molecule has 2 N–H and O–H groups in total. The monoisotopic (exact) mass is 658 g/mol. The Kier molecular flexibility index (Phi) is 9.69. The maximum absolute atomic E-state index is 15.5. The topological polar surface area (TPSA) is 139 Å². The number of halogens is 1. The quantitative estimate of drug-likeness (QED) is 0.224. The molecular formula is C35H43FN8O4. The molecule has 13 heteroatoms. The van der Waals surface area contributed by atoms with E-state index in [0.29, 0.717) is 54.6 Å². The van der Waals surface area contributed by atoms with Gasteiger partial charge in [-0.2, -0.15) is 4.98 Å². The number of amides is 2. The van der Waals surface area contributed by atoms with E-state index >= 15 is 4.39 Å². The fraction of sp³-hybridized carbons (Fsp3) is 0.429. The second-order valence-corrected chi connectivity index (χ2v) is 14.0. The van der Waals surface area contributed by atoms with Crippen LogP contribution in [-0.4, -0.2) is 68.8 Å². The van der Waals surface area contributed by atoms with E-state index < -0.39 is 23.4 Å². The fourth-order valence-corrected chi connectivity index (χ4v) is 5.27. The van der Waals surface area contributed by atoms with Crippen molar-refractivity contribution >= 4 is 29.2 Å². The minimum Gasteiger partial charge on any atom is -0.444 e. The van der Waals surface area contributed by atoms with Crippen molar-refractivity contribution in [3.8, 4) is 11.3 Å². The van der Waals surface area contributed by atoms with E-state index in [0.717, 1.165) is 16.9 Å². The number of aryl methyl sites for hydroxylation is 1. The van der Waals surface area contributed by atoms with Crippen molar-refractivity contribution in [2.45, 2.75) is 72.4 Å². The van der Waals surface area contributed by atoms with Crippen LogP contribution in [0.3, 0.4) is 0 Å². The number of nitrogens with one attached hydrogen (secondary N) is 2. The Balaban J connectivity index is 1.21. The Morgan fingerprint density at radius 3 is 2.29 bits per heavy atom. The van der Waals surface area contributed by atoms with Gasteiger partial charge in [0.05, 0.1) is 11.7 Å². The lowest BCUT2D eigenvalue weighted by Gasteiger charge is -2.36. The number of carbonyl (C=O) groups excluding carboxylic acids is 2. The van der Waals surface area contributed by atoms with E-state index in [4.69, 9.17) is 9.26 Å². The van der Waals surface area contributed by atoms with Crippen LogP contribution in [0.5, 0.6) is 0 Å². The molecule has 2 aromatic carbocycles. The Morgan fingerprint density at radius 1 is 0.979 bits per heavy atom.